The molecule has 1 aromatic heterocycles. The van der Waals surface area contributed by atoms with Gasteiger partial charge in [-0.3, -0.25) is 0 Å². The molecule has 0 atom stereocenters. The first-order valence-electron chi connectivity index (χ1n) is 7.70. The molecule has 0 amide bonds. The van der Waals surface area contributed by atoms with Crippen molar-refractivity contribution in [3.8, 4) is 0 Å². The third kappa shape index (κ3) is 3.92. The van der Waals surface area contributed by atoms with E-state index in [2.05, 4.69) is 15.6 Å². The summed E-state index contributed by atoms with van der Waals surface area (Å²) in [5, 5.41) is 7.94. The maximum Gasteiger partial charge on any atom is 0.356 e. The Labute approximate surface area is 155 Å². The van der Waals surface area contributed by atoms with Crippen LogP contribution in [0, 0.1) is 0 Å². The number of benzene rings is 2. The van der Waals surface area contributed by atoms with Gasteiger partial charge < -0.3 is 20.4 Å². The Hall–Kier alpha value is -2.57. The third-order valence-electron chi connectivity index (χ3n) is 3.51. The molecule has 3 rings (SSSR count). The van der Waals surface area contributed by atoms with Crippen LogP contribution in [0.15, 0.2) is 48.5 Å². The maximum absolute atomic E-state index is 12.2. The number of hydrogen-bond donors (Lipinski definition) is 3. The van der Waals surface area contributed by atoms with Crippen LogP contribution in [0.5, 0.6) is 0 Å². The summed E-state index contributed by atoms with van der Waals surface area (Å²) in [6.45, 7) is 2.05. The number of para-hydroxylation sites is 1. The second-order valence-electron chi connectivity index (χ2n) is 5.23. The van der Waals surface area contributed by atoms with Gasteiger partial charge in [-0.25, -0.2) is 4.79 Å². The zero-order valence-electron chi connectivity index (χ0n) is 13.4. The Kier molecular flexibility index (Phi) is 5.21. The number of esters is 1. The largest absolute Gasteiger partial charge is 0.461 e. The number of nitrogens with one attached hydrogen (secondary N) is 3. The molecule has 3 N–H and O–H groups in total. The minimum atomic E-state index is -0.438. The van der Waals surface area contributed by atoms with Gasteiger partial charge in [0, 0.05) is 21.6 Å². The molecule has 128 valence electrons. The van der Waals surface area contributed by atoms with Crippen LogP contribution in [-0.4, -0.2) is 22.7 Å². The first-order valence-corrected chi connectivity index (χ1v) is 8.48. The number of fused-ring (bicyclic) bond motifs is 1. The van der Waals surface area contributed by atoms with Crippen molar-refractivity contribution < 1.29 is 9.53 Å². The highest BCUT2D eigenvalue weighted by atomic mass is 35.5. The Morgan fingerprint density at radius 2 is 2.00 bits per heavy atom. The van der Waals surface area contributed by atoms with Crippen molar-refractivity contribution >= 4 is 57.2 Å². The van der Waals surface area contributed by atoms with Crippen LogP contribution in [0.25, 0.3) is 10.9 Å². The molecule has 0 aliphatic carbocycles. The van der Waals surface area contributed by atoms with Gasteiger partial charge in [-0.15, -0.1) is 0 Å². The molecule has 0 spiro atoms. The van der Waals surface area contributed by atoms with Crippen molar-refractivity contribution in [2.75, 3.05) is 17.2 Å². The monoisotopic (exact) mass is 373 g/mol. The van der Waals surface area contributed by atoms with Crippen LogP contribution in [0.1, 0.15) is 17.4 Å². The molecule has 0 aliphatic heterocycles. The lowest BCUT2D eigenvalue weighted by Gasteiger charge is -2.11. The average Bonchev–Trinajstić information content (AvgIpc) is 2.94. The Morgan fingerprint density at radius 3 is 2.76 bits per heavy atom. The van der Waals surface area contributed by atoms with Gasteiger partial charge in [-0.1, -0.05) is 35.9 Å². The van der Waals surface area contributed by atoms with Crippen LogP contribution in [0.2, 0.25) is 5.02 Å². The molecule has 2 aromatic carbocycles. The van der Waals surface area contributed by atoms with E-state index in [-0.39, 0.29) is 0 Å². The molecule has 5 nitrogen and oxygen atoms in total. The van der Waals surface area contributed by atoms with Gasteiger partial charge in [-0.05, 0) is 43.4 Å². The molecule has 0 saturated carbocycles. The second-order valence-corrected chi connectivity index (χ2v) is 6.08. The number of rotatable bonds is 4. The van der Waals surface area contributed by atoms with E-state index in [0.717, 1.165) is 16.6 Å². The van der Waals surface area contributed by atoms with E-state index in [9.17, 15) is 4.79 Å². The van der Waals surface area contributed by atoms with E-state index >= 15 is 0 Å². The fourth-order valence-corrected chi connectivity index (χ4v) is 2.88. The van der Waals surface area contributed by atoms with E-state index < -0.39 is 5.97 Å². The number of carbonyl (C=O) groups excluding carboxylic acids is 1. The number of hydrogen-bond acceptors (Lipinski definition) is 3. The predicted octanol–water partition coefficient (Wildman–Crippen LogP) is 4.81. The number of aromatic amines is 1. The summed E-state index contributed by atoms with van der Waals surface area (Å²) in [6, 6.07) is 14.8. The van der Waals surface area contributed by atoms with Crippen LogP contribution in [0.3, 0.4) is 0 Å². The highest BCUT2D eigenvalue weighted by Crippen LogP contribution is 2.28. The normalized spacial score (nSPS) is 10.5. The first-order chi connectivity index (χ1) is 12.1. The van der Waals surface area contributed by atoms with Crippen LogP contribution in [-0.2, 0) is 4.74 Å². The van der Waals surface area contributed by atoms with Gasteiger partial charge in [0.1, 0.15) is 5.69 Å². The van der Waals surface area contributed by atoms with Gasteiger partial charge in [0.25, 0.3) is 0 Å². The topological polar surface area (TPSA) is 66.2 Å². The van der Waals surface area contributed by atoms with Crippen LogP contribution < -0.4 is 10.6 Å². The molecule has 7 heteroatoms. The molecule has 1 heterocycles. The molecule has 0 fully saturated rings. The summed E-state index contributed by atoms with van der Waals surface area (Å²) in [5.74, 6) is -0.438. The highest BCUT2D eigenvalue weighted by molar-refractivity contribution is 7.80. The fraction of sp³-hybridized carbons (Fsp3) is 0.111. The molecule has 0 aliphatic rings. The summed E-state index contributed by atoms with van der Waals surface area (Å²) < 4.78 is 5.12. The fourth-order valence-electron chi connectivity index (χ4n) is 2.47. The molecule has 0 bridgehead atoms. The first kappa shape index (κ1) is 17.3. The Bertz CT molecular complexity index is 939. The number of ether oxygens (including phenoxy) is 1. The Morgan fingerprint density at radius 1 is 1.20 bits per heavy atom. The minimum Gasteiger partial charge on any atom is -0.461 e. The lowest BCUT2D eigenvalue weighted by Crippen LogP contribution is -2.20. The van der Waals surface area contributed by atoms with Gasteiger partial charge >= 0.3 is 5.97 Å². The lowest BCUT2D eigenvalue weighted by atomic mass is 10.2. The van der Waals surface area contributed by atoms with Crippen LogP contribution in [0.4, 0.5) is 11.4 Å². The Balaban J connectivity index is 1.90. The van der Waals surface area contributed by atoms with E-state index in [1.807, 2.05) is 36.4 Å². The SMILES string of the molecule is CCOC(=O)c1[nH]c2ccccc2c1NC(=S)Nc1cccc(Cl)c1. The lowest BCUT2D eigenvalue weighted by molar-refractivity contribution is 0.0522. The molecule has 0 radical (unpaired) electrons. The zero-order chi connectivity index (χ0) is 17.8. The van der Waals surface area contributed by atoms with Crippen molar-refractivity contribution in [3.63, 3.8) is 0 Å². The molecule has 0 unspecified atom stereocenters. The number of halogens is 1. The van der Waals surface area contributed by atoms with E-state index in [0.29, 0.717) is 28.1 Å². The van der Waals surface area contributed by atoms with Crippen molar-refractivity contribution in [1.82, 2.24) is 4.98 Å². The number of aromatic nitrogens is 1. The number of H-pyrrole nitrogens is 1. The van der Waals surface area contributed by atoms with Gasteiger partial charge in [0.2, 0.25) is 0 Å². The van der Waals surface area contributed by atoms with Crippen molar-refractivity contribution in [2.24, 2.45) is 0 Å². The number of thiocarbonyl (C=S) groups is 1. The molecule has 25 heavy (non-hydrogen) atoms. The van der Waals surface area contributed by atoms with E-state index in [4.69, 9.17) is 28.6 Å². The van der Waals surface area contributed by atoms with Gasteiger partial charge in [0.05, 0.1) is 12.3 Å². The summed E-state index contributed by atoms with van der Waals surface area (Å²) >= 11 is 11.4. The van der Waals surface area contributed by atoms with Gasteiger partial charge in [-0.2, -0.15) is 0 Å². The highest BCUT2D eigenvalue weighted by Gasteiger charge is 2.19. The summed E-state index contributed by atoms with van der Waals surface area (Å²) in [6.07, 6.45) is 0. The maximum atomic E-state index is 12.2. The summed E-state index contributed by atoms with van der Waals surface area (Å²) in [4.78, 5) is 15.3. The average molecular weight is 374 g/mol. The third-order valence-corrected chi connectivity index (χ3v) is 3.95. The quantitative estimate of drug-likeness (QED) is 0.452. The molecular weight excluding hydrogens is 358 g/mol. The predicted molar refractivity (Wildman–Crippen MR) is 106 cm³/mol. The number of anilines is 2. The minimum absolute atomic E-state index is 0.291. The van der Waals surface area contributed by atoms with E-state index in [1.165, 1.54) is 0 Å². The molecule has 3 aromatic rings. The van der Waals surface area contributed by atoms with Gasteiger partial charge in [0.15, 0.2) is 5.11 Å². The van der Waals surface area contributed by atoms with E-state index in [1.54, 1.807) is 19.1 Å². The molecular formula is C18H16ClN3O2S. The summed E-state index contributed by atoms with van der Waals surface area (Å²) in [5.41, 5.74) is 2.48. The number of carbonyl (C=O) groups is 1. The van der Waals surface area contributed by atoms with Crippen LogP contribution >= 0.6 is 23.8 Å². The molecule has 0 saturated heterocycles. The smallest absolute Gasteiger partial charge is 0.356 e. The summed E-state index contributed by atoms with van der Waals surface area (Å²) in [7, 11) is 0. The second kappa shape index (κ2) is 7.55. The zero-order valence-corrected chi connectivity index (χ0v) is 15.0. The standard InChI is InChI=1S/C18H16ClN3O2S/c1-2-24-17(23)16-15(13-8-3-4-9-14(13)21-16)22-18(25)20-12-7-5-6-11(19)10-12/h3-10,21H,2H2,1H3,(H2,20,22,25). The van der Waals surface area contributed by atoms with Crippen molar-refractivity contribution in [1.29, 1.82) is 0 Å². The van der Waals surface area contributed by atoms with Crippen molar-refractivity contribution in [2.45, 2.75) is 6.92 Å². The van der Waals surface area contributed by atoms with Crippen molar-refractivity contribution in [3.05, 3.63) is 59.2 Å².